The van der Waals surface area contributed by atoms with Crippen molar-refractivity contribution in [3.63, 3.8) is 0 Å². The molecular weight excluding hydrogens is 176 g/mol. The maximum atomic E-state index is 11.2. The summed E-state index contributed by atoms with van der Waals surface area (Å²) in [6, 6.07) is 5.15. The van der Waals surface area contributed by atoms with Crippen LogP contribution in [0.15, 0.2) is 18.2 Å². The summed E-state index contributed by atoms with van der Waals surface area (Å²) in [5.41, 5.74) is 1.44. The molecule has 0 radical (unpaired) electrons. The van der Waals surface area contributed by atoms with Crippen LogP contribution in [-0.2, 0) is 0 Å². The monoisotopic (exact) mass is 182 g/mol. The Bertz CT molecular complexity index is 338. The van der Waals surface area contributed by atoms with Crippen molar-refractivity contribution < 1.29 is 4.79 Å². The van der Waals surface area contributed by atoms with Crippen LogP contribution < -0.4 is 10.6 Å². The Hall–Kier alpha value is -1.22. The molecule has 2 N–H and O–H groups in total. The lowest BCUT2D eigenvalue weighted by molar-refractivity contribution is 0.0953. The van der Waals surface area contributed by atoms with Gasteiger partial charge in [-0.25, -0.2) is 0 Å². The molecule has 0 fully saturated rings. The highest BCUT2D eigenvalue weighted by Gasteiger charge is 2.15. The molecule has 0 saturated heterocycles. The van der Waals surface area contributed by atoms with E-state index in [1.165, 1.54) is 0 Å². The molecular formula is C8H7ClN2O. The van der Waals surface area contributed by atoms with E-state index in [0.29, 0.717) is 17.3 Å². The smallest absolute Gasteiger partial charge is 0.254 e. The second kappa shape index (κ2) is 2.68. The molecule has 0 saturated carbocycles. The van der Waals surface area contributed by atoms with Crippen molar-refractivity contribution in [2.75, 3.05) is 12.0 Å². The number of hydrogen-bond donors (Lipinski definition) is 2. The number of halogens is 1. The number of carbonyl (C=O) groups is 1. The van der Waals surface area contributed by atoms with Crippen molar-refractivity contribution in [2.24, 2.45) is 0 Å². The van der Waals surface area contributed by atoms with Crippen LogP contribution in [0.3, 0.4) is 0 Å². The molecule has 1 aromatic carbocycles. The van der Waals surface area contributed by atoms with Crippen molar-refractivity contribution in [3.05, 3.63) is 28.8 Å². The molecule has 0 bridgehead atoms. The van der Waals surface area contributed by atoms with Crippen LogP contribution in [0, 0.1) is 0 Å². The van der Waals surface area contributed by atoms with Crippen molar-refractivity contribution in [1.82, 2.24) is 5.32 Å². The van der Waals surface area contributed by atoms with Crippen LogP contribution >= 0.6 is 11.6 Å². The van der Waals surface area contributed by atoms with Crippen molar-refractivity contribution >= 4 is 23.2 Å². The van der Waals surface area contributed by atoms with E-state index in [1.807, 2.05) is 0 Å². The summed E-state index contributed by atoms with van der Waals surface area (Å²) in [6.45, 7) is 0.464. The Balaban J connectivity index is 2.53. The molecule has 1 amide bonds. The Labute approximate surface area is 74.7 Å². The van der Waals surface area contributed by atoms with E-state index < -0.39 is 0 Å². The first-order chi connectivity index (χ1) is 5.77. The second-order valence-electron chi connectivity index (χ2n) is 2.55. The Kier molecular flexibility index (Phi) is 1.66. The van der Waals surface area contributed by atoms with Crippen LogP contribution in [0.2, 0.25) is 5.02 Å². The van der Waals surface area contributed by atoms with E-state index in [4.69, 9.17) is 11.6 Å². The minimum Gasteiger partial charge on any atom is -0.367 e. The van der Waals surface area contributed by atoms with Crippen LogP contribution in [0.25, 0.3) is 0 Å². The van der Waals surface area contributed by atoms with Crippen molar-refractivity contribution in [1.29, 1.82) is 0 Å². The standard InChI is InChI=1S/C8H7ClN2O/c9-5-1-2-6-7(3-5)10-4-11-8(6)12/h1-3,10H,4H2,(H,11,12). The van der Waals surface area contributed by atoms with E-state index in [9.17, 15) is 4.79 Å². The Morgan fingerprint density at radius 1 is 1.33 bits per heavy atom. The fourth-order valence-corrected chi connectivity index (χ4v) is 1.35. The lowest BCUT2D eigenvalue weighted by Gasteiger charge is -2.18. The van der Waals surface area contributed by atoms with Crippen molar-refractivity contribution in [2.45, 2.75) is 0 Å². The van der Waals surface area contributed by atoms with Gasteiger partial charge in [0.25, 0.3) is 5.91 Å². The minimum atomic E-state index is -0.0552. The van der Waals surface area contributed by atoms with Gasteiger partial charge in [0.2, 0.25) is 0 Å². The zero-order valence-corrected chi connectivity index (χ0v) is 6.98. The largest absolute Gasteiger partial charge is 0.367 e. The third-order valence-electron chi connectivity index (χ3n) is 1.75. The number of amides is 1. The number of nitrogens with one attached hydrogen (secondary N) is 2. The quantitative estimate of drug-likeness (QED) is 0.638. The zero-order valence-electron chi connectivity index (χ0n) is 6.23. The fourth-order valence-electron chi connectivity index (χ4n) is 1.18. The van der Waals surface area contributed by atoms with E-state index >= 15 is 0 Å². The van der Waals surface area contributed by atoms with Gasteiger partial charge in [0.15, 0.2) is 0 Å². The molecule has 1 aliphatic heterocycles. The summed E-state index contributed by atoms with van der Waals surface area (Å²) in [4.78, 5) is 11.2. The van der Waals surface area contributed by atoms with Gasteiger partial charge in [-0.3, -0.25) is 4.79 Å². The van der Waals surface area contributed by atoms with E-state index in [0.717, 1.165) is 5.69 Å². The molecule has 0 unspecified atom stereocenters. The lowest BCUT2D eigenvalue weighted by atomic mass is 10.1. The van der Waals surface area contributed by atoms with Gasteiger partial charge in [-0.1, -0.05) is 11.6 Å². The number of hydrogen-bond acceptors (Lipinski definition) is 2. The first kappa shape index (κ1) is 7.43. The van der Waals surface area contributed by atoms with Gasteiger partial charge in [-0.05, 0) is 18.2 Å². The predicted octanol–water partition coefficient (Wildman–Crippen LogP) is 1.45. The van der Waals surface area contributed by atoms with E-state index in [1.54, 1.807) is 18.2 Å². The Morgan fingerprint density at radius 2 is 2.17 bits per heavy atom. The molecule has 3 nitrogen and oxygen atoms in total. The van der Waals surface area contributed by atoms with Crippen LogP contribution in [0.5, 0.6) is 0 Å². The highest BCUT2D eigenvalue weighted by Crippen LogP contribution is 2.22. The average Bonchev–Trinajstić information content (AvgIpc) is 2.04. The molecule has 0 aromatic heterocycles. The van der Waals surface area contributed by atoms with Gasteiger partial charge in [0, 0.05) is 10.7 Å². The predicted molar refractivity (Wildman–Crippen MR) is 47.4 cm³/mol. The van der Waals surface area contributed by atoms with Gasteiger partial charge >= 0.3 is 0 Å². The SMILES string of the molecule is O=C1NCNc2cc(Cl)ccc21. The normalized spacial score (nSPS) is 14.6. The highest BCUT2D eigenvalue weighted by atomic mass is 35.5. The number of carbonyl (C=O) groups excluding carboxylic acids is 1. The number of fused-ring (bicyclic) bond motifs is 1. The maximum absolute atomic E-state index is 11.2. The first-order valence-electron chi connectivity index (χ1n) is 3.59. The summed E-state index contributed by atoms with van der Waals surface area (Å²) in [5, 5.41) is 6.32. The molecule has 12 heavy (non-hydrogen) atoms. The van der Waals surface area contributed by atoms with E-state index in [-0.39, 0.29) is 5.91 Å². The molecule has 2 rings (SSSR count). The van der Waals surface area contributed by atoms with Gasteiger partial charge in [-0.15, -0.1) is 0 Å². The summed E-state index contributed by atoms with van der Waals surface area (Å²) >= 11 is 5.75. The molecule has 0 atom stereocenters. The summed E-state index contributed by atoms with van der Waals surface area (Å²) in [5.74, 6) is -0.0552. The minimum absolute atomic E-state index is 0.0552. The first-order valence-corrected chi connectivity index (χ1v) is 3.97. The molecule has 1 aromatic rings. The highest BCUT2D eigenvalue weighted by molar-refractivity contribution is 6.31. The number of rotatable bonds is 0. The fraction of sp³-hybridized carbons (Fsp3) is 0.125. The Morgan fingerprint density at radius 3 is 3.00 bits per heavy atom. The zero-order chi connectivity index (χ0) is 8.55. The molecule has 62 valence electrons. The number of anilines is 1. The molecule has 0 aliphatic carbocycles. The molecule has 1 aliphatic rings. The molecule has 1 heterocycles. The van der Waals surface area contributed by atoms with E-state index in [2.05, 4.69) is 10.6 Å². The van der Waals surface area contributed by atoms with Crippen molar-refractivity contribution in [3.8, 4) is 0 Å². The topological polar surface area (TPSA) is 41.1 Å². The van der Waals surface area contributed by atoms with Gasteiger partial charge < -0.3 is 10.6 Å². The van der Waals surface area contributed by atoms with Crippen LogP contribution in [0.1, 0.15) is 10.4 Å². The molecule has 0 spiro atoms. The van der Waals surface area contributed by atoms with Gasteiger partial charge in [-0.2, -0.15) is 0 Å². The second-order valence-corrected chi connectivity index (χ2v) is 2.99. The molecule has 4 heteroatoms. The average molecular weight is 183 g/mol. The summed E-state index contributed by atoms with van der Waals surface area (Å²) in [6.07, 6.45) is 0. The number of benzene rings is 1. The third kappa shape index (κ3) is 1.12. The third-order valence-corrected chi connectivity index (χ3v) is 1.99. The van der Waals surface area contributed by atoms with Crippen LogP contribution in [-0.4, -0.2) is 12.6 Å². The summed E-state index contributed by atoms with van der Waals surface area (Å²) < 4.78 is 0. The maximum Gasteiger partial charge on any atom is 0.254 e. The van der Waals surface area contributed by atoms with Crippen LogP contribution in [0.4, 0.5) is 5.69 Å². The van der Waals surface area contributed by atoms with Gasteiger partial charge in [0.1, 0.15) is 0 Å². The summed E-state index contributed by atoms with van der Waals surface area (Å²) in [7, 11) is 0. The lowest BCUT2D eigenvalue weighted by Crippen LogP contribution is -2.34. The van der Waals surface area contributed by atoms with Gasteiger partial charge in [0.05, 0.1) is 12.2 Å².